The molecule has 2 aliphatic rings. The Morgan fingerprint density at radius 2 is 2.07 bits per heavy atom. The molecule has 1 N–H and O–H groups in total. The molecule has 2 fully saturated rings. The maximum atomic E-state index is 10.3. The van der Waals surface area contributed by atoms with Crippen molar-refractivity contribution in [3.05, 3.63) is 0 Å². The molecule has 5 atom stereocenters. The van der Waals surface area contributed by atoms with Gasteiger partial charge in [-0.2, -0.15) is 0 Å². The molecule has 2 saturated heterocycles. The molecule has 3 nitrogen and oxygen atoms in total. The van der Waals surface area contributed by atoms with Crippen LogP contribution in [0.15, 0.2) is 0 Å². The lowest BCUT2D eigenvalue weighted by atomic mass is 9.82. The first kappa shape index (κ1) is 11.4. The Hall–Kier alpha value is -0.120. The molecule has 0 aliphatic carbocycles. The number of rotatable bonds is 2. The van der Waals surface area contributed by atoms with Crippen LogP contribution < -0.4 is 0 Å². The highest BCUT2D eigenvalue weighted by atomic mass is 16.6. The van der Waals surface area contributed by atoms with Crippen molar-refractivity contribution in [2.75, 3.05) is 6.61 Å². The van der Waals surface area contributed by atoms with E-state index in [9.17, 15) is 5.11 Å². The van der Waals surface area contributed by atoms with Gasteiger partial charge in [-0.15, -0.1) is 0 Å². The second-order valence-electron chi connectivity index (χ2n) is 4.66. The molecule has 2 aliphatic heterocycles. The second-order valence-corrected chi connectivity index (χ2v) is 4.66. The third kappa shape index (κ3) is 2.05. The van der Waals surface area contributed by atoms with Crippen molar-refractivity contribution in [1.29, 1.82) is 0 Å². The van der Waals surface area contributed by atoms with E-state index in [-0.39, 0.29) is 30.3 Å². The summed E-state index contributed by atoms with van der Waals surface area (Å²) in [5, 5.41) is 10.3. The standard InChI is InChI=1S/C12H22O3/c1-3-8-9(4-2)15-10-6-5-7-14-12(10)11(8)13/h8-13H,3-7H2,1-2H3/t8-,9+,10+,11+,12+/m0/s1. The Balaban J connectivity index is 2.09. The van der Waals surface area contributed by atoms with Crippen molar-refractivity contribution in [2.24, 2.45) is 5.92 Å². The fraction of sp³-hybridized carbons (Fsp3) is 1.00. The summed E-state index contributed by atoms with van der Waals surface area (Å²) in [6, 6.07) is 0. The Morgan fingerprint density at radius 1 is 1.27 bits per heavy atom. The number of aliphatic hydroxyl groups excluding tert-OH is 1. The highest BCUT2D eigenvalue weighted by Gasteiger charge is 2.45. The molecule has 0 amide bonds. The van der Waals surface area contributed by atoms with Crippen LogP contribution in [0.1, 0.15) is 39.5 Å². The zero-order valence-electron chi connectivity index (χ0n) is 9.69. The molecule has 15 heavy (non-hydrogen) atoms. The molecule has 2 rings (SSSR count). The summed E-state index contributed by atoms with van der Waals surface area (Å²) in [5.74, 6) is 0.245. The van der Waals surface area contributed by atoms with E-state index in [0.717, 1.165) is 32.3 Å². The van der Waals surface area contributed by atoms with E-state index in [1.165, 1.54) is 0 Å². The Kier molecular flexibility index (Phi) is 3.65. The monoisotopic (exact) mass is 214 g/mol. The molecule has 0 radical (unpaired) electrons. The van der Waals surface area contributed by atoms with Crippen molar-refractivity contribution in [2.45, 2.75) is 63.9 Å². The molecule has 88 valence electrons. The first-order chi connectivity index (χ1) is 7.27. The van der Waals surface area contributed by atoms with Crippen LogP contribution >= 0.6 is 0 Å². The number of ether oxygens (including phenoxy) is 2. The average Bonchev–Trinajstić information content (AvgIpc) is 2.29. The summed E-state index contributed by atoms with van der Waals surface area (Å²) in [5.41, 5.74) is 0. The summed E-state index contributed by atoms with van der Waals surface area (Å²) in [6.45, 7) is 5.02. The van der Waals surface area contributed by atoms with E-state index in [0.29, 0.717) is 0 Å². The quantitative estimate of drug-likeness (QED) is 0.761. The fourth-order valence-corrected chi connectivity index (χ4v) is 2.93. The summed E-state index contributed by atoms with van der Waals surface area (Å²) in [7, 11) is 0. The lowest BCUT2D eigenvalue weighted by Gasteiger charge is -2.46. The van der Waals surface area contributed by atoms with Crippen molar-refractivity contribution < 1.29 is 14.6 Å². The Labute approximate surface area is 91.8 Å². The van der Waals surface area contributed by atoms with Gasteiger partial charge in [0.2, 0.25) is 0 Å². The van der Waals surface area contributed by atoms with Crippen LogP contribution in [0.2, 0.25) is 0 Å². The van der Waals surface area contributed by atoms with E-state index < -0.39 is 0 Å². The van der Waals surface area contributed by atoms with Gasteiger partial charge in [0.15, 0.2) is 0 Å². The Bertz CT molecular complexity index is 201. The lowest BCUT2D eigenvalue weighted by molar-refractivity contribution is -0.233. The SMILES string of the molecule is CC[C@@H]1[C@@H](O)[C@@H]2OCCC[C@H]2O[C@@H]1CC. The lowest BCUT2D eigenvalue weighted by Crippen LogP contribution is -2.56. The third-order valence-electron chi connectivity index (χ3n) is 3.79. The molecule has 2 heterocycles. The van der Waals surface area contributed by atoms with Gasteiger partial charge >= 0.3 is 0 Å². The topological polar surface area (TPSA) is 38.7 Å². The largest absolute Gasteiger partial charge is 0.390 e. The molecule has 0 unspecified atom stereocenters. The number of hydrogen-bond acceptors (Lipinski definition) is 3. The highest BCUT2D eigenvalue weighted by molar-refractivity contribution is 4.93. The van der Waals surface area contributed by atoms with Gasteiger partial charge in [0.05, 0.1) is 18.3 Å². The van der Waals surface area contributed by atoms with Gasteiger partial charge in [0, 0.05) is 12.5 Å². The zero-order valence-corrected chi connectivity index (χ0v) is 9.69. The van der Waals surface area contributed by atoms with Crippen molar-refractivity contribution in [3.8, 4) is 0 Å². The molecule has 0 saturated carbocycles. The van der Waals surface area contributed by atoms with Gasteiger partial charge < -0.3 is 14.6 Å². The van der Waals surface area contributed by atoms with Gasteiger partial charge in [0.1, 0.15) is 6.10 Å². The minimum atomic E-state index is -0.334. The average molecular weight is 214 g/mol. The molecule has 0 bridgehead atoms. The summed E-state index contributed by atoms with van der Waals surface area (Å²) >= 11 is 0. The van der Waals surface area contributed by atoms with Crippen LogP contribution in [-0.4, -0.2) is 36.1 Å². The van der Waals surface area contributed by atoms with Crippen LogP contribution in [0.25, 0.3) is 0 Å². The van der Waals surface area contributed by atoms with Gasteiger partial charge in [0.25, 0.3) is 0 Å². The first-order valence-corrected chi connectivity index (χ1v) is 6.23. The first-order valence-electron chi connectivity index (χ1n) is 6.23. The molecule has 3 heteroatoms. The molecule has 0 spiro atoms. The van der Waals surface area contributed by atoms with Gasteiger partial charge in [-0.05, 0) is 25.7 Å². The van der Waals surface area contributed by atoms with E-state index in [4.69, 9.17) is 9.47 Å². The summed E-state index contributed by atoms with van der Waals surface area (Å²) in [4.78, 5) is 0. The maximum absolute atomic E-state index is 10.3. The number of aliphatic hydroxyl groups is 1. The molecule has 0 aromatic heterocycles. The fourth-order valence-electron chi connectivity index (χ4n) is 2.93. The van der Waals surface area contributed by atoms with Crippen LogP contribution in [0.4, 0.5) is 0 Å². The number of hydrogen-bond donors (Lipinski definition) is 1. The van der Waals surface area contributed by atoms with Crippen molar-refractivity contribution >= 4 is 0 Å². The van der Waals surface area contributed by atoms with Gasteiger partial charge in [-0.1, -0.05) is 13.8 Å². The molecular formula is C12H22O3. The van der Waals surface area contributed by atoms with Crippen molar-refractivity contribution in [1.82, 2.24) is 0 Å². The Morgan fingerprint density at radius 3 is 2.73 bits per heavy atom. The van der Waals surface area contributed by atoms with Crippen molar-refractivity contribution in [3.63, 3.8) is 0 Å². The van der Waals surface area contributed by atoms with E-state index in [1.807, 2.05) is 0 Å². The van der Waals surface area contributed by atoms with Gasteiger partial charge in [-0.25, -0.2) is 0 Å². The normalized spacial score (nSPS) is 46.2. The van der Waals surface area contributed by atoms with Crippen LogP contribution in [0.5, 0.6) is 0 Å². The predicted octanol–water partition coefficient (Wildman–Crippen LogP) is 1.73. The zero-order chi connectivity index (χ0) is 10.8. The minimum Gasteiger partial charge on any atom is -0.390 e. The molecule has 0 aromatic carbocycles. The predicted molar refractivity (Wildman–Crippen MR) is 57.7 cm³/mol. The minimum absolute atomic E-state index is 0.0773. The van der Waals surface area contributed by atoms with E-state index in [2.05, 4.69) is 13.8 Å². The third-order valence-corrected chi connectivity index (χ3v) is 3.79. The van der Waals surface area contributed by atoms with E-state index in [1.54, 1.807) is 0 Å². The maximum Gasteiger partial charge on any atom is 0.110 e. The molecular weight excluding hydrogens is 192 g/mol. The van der Waals surface area contributed by atoms with Crippen LogP contribution in [0.3, 0.4) is 0 Å². The van der Waals surface area contributed by atoms with Crippen LogP contribution in [-0.2, 0) is 9.47 Å². The summed E-state index contributed by atoms with van der Waals surface area (Å²) in [6.07, 6.45) is 3.97. The summed E-state index contributed by atoms with van der Waals surface area (Å²) < 4.78 is 11.7. The highest BCUT2D eigenvalue weighted by Crippen LogP contribution is 2.35. The number of fused-ring (bicyclic) bond motifs is 1. The van der Waals surface area contributed by atoms with Gasteiger partial charge in [-0.3, -0.25) is 0 Å². The smallest absolute Gasteiger partial charge is 0.110 e. The van der Waals surface area contributed by atoms with Crippen LogP contribution in [0, 0.1) is 5.92 Å². The molecule has 0 aromatic rings. The van der Waals surface area contributed by atoms with E-state index >= 15 is 0 Å². The second kappa shape index (κ2) is 4.81.